The second-order valence-electron chi connectivity index (χ2n) is 24.2. The first kappa shape index (κ1) is 88.5. The van der Waals surface area contributed by atoms with Crippen molar-refractivity contribution in [1.29, 1.82) is 0 Å². The van der Waals surface area contributed by atoms with Gasteiger partial charge in [-0.2, -0.15) is 0 Å². The van der Waals surface area contributed by atoms with Gasteiger partial charge in [0.25, 0.3) is 0 Å². The molecule has 0 rings (SSSR count). The van der Waals surface area contributed by atoms with Crippen LogP contribution in [0.25, 0.3) is 0 Å². The highest BCUT2D eigenvalue weighted by atomic mass is 31.2. The van der Waals surface area contributed by atoms with Gasteiger partial charge in [0.05, 0.1) is 26.4 Å². The summed E-state index contributed by atoms with van der Waals surface area (Å²) in [4.78, 5) is 72.5. The lowest BCUT2D eigenvalue weighted by Gasteiger charge is -2.21. The number of unbranched alkanes of at least 4 members (excludes halogenated alkanes) is 30. The van der Waals surface area contributed by atoms with Crippen molar-refractivity contribution < 1.29 is 80.2 Å². The summed E-state index contributed by atoms with van der Waals surface area (Å²) in [6.07, 6.45) is 63.5. The van der Waals surface area contributed by atoms with Crippen LogP contribution in [0.5, 0.6) is 0 Å². The summed E-state index contributed by atoms with van der Waals surface area (Å²) in [5.74, 6) is -2.19. The number of aliphatic hydroxyl groups excluding tert-OH is 1. The monoisotopic (exact) mass is 1340 g/mol. The first-order chi connectivity index (χ1) is 44.7. The molecule has 0 aromatic heterocycles. The lowest BCUT2D eigenvalue weighted by atomic mass is 10.1. The number of carbonyl (C=O) groups is 4. The third-order valence-electron chi connectivity index (χ3n) is 15.2. The van der Waals surface area contributed by atoms with Crippen LogP contribution in [0.1, 0.15) is 310 Å². The molecule has 0 heterocycles. The maximum absolute atomic E-state index is 13.0. The highest BCUT2D eigenvalue weighted by molar-refractivity contribution is 7.47. The molecule has 0 bridgehead atoms. The van der Waals surface area contributed by atoms with Crippen LogP contribution in [0.15, 0.2) is 72.9 Å². The molecule has 5 unspecified atom stereocenters. The molecule has 534 valence electrons. The Hall–Kier alpha value is -3.50. The largest absolute Gasteiger partial charge is 0.472 e. The van der Waals surface area contributed by atoms with Crippen molar-refractivity contribution >= 4 is 39.5 Å². The van der Waals surface area contributed by atoms with Crippen LogP contribution in [-0.2, 0) is 65.4 Å². The van der Waals surface area contributed by atoms with Gasteiger partial charge in [0, 0.05) is 25.7 Å². The van der Waals surface area contributed by atoms with Gasteiger partial charge in [0.1, 0.15) is 19.3 Å². The van der Waals surface area contributed by atoms with E-state index in [1.54, 1.807) is 0 Å². The predicted molar refractivity (Wildman–Crippen MR) is 372 cm³/mol. The van der Waals surface area contributed by atoms with Gasteiger partial charge in [-0.3, -0.25) is 37.3 Å². The number of hydrogen-bond acceptors (Lipinski definition) is 15. The topological polar surface area (TPSA) is 237 Å². The number of allylic oxidation sites excluding steroid dienone is 12. The molecule has 17 nitrogen and oxygen atoms in total. The number of esters is 4. The standard InChI is InChI=1S/C73H130O17P2/c1-5-9-13-17-21-25-29-30-31-32-33-34-35-36-40-42-46-50-54-58-71(76)84-64-69(90-73(78)60-56-52-48-44-39-28-24-20-16-12-8-4)66-88-92(81,82)86-62-67(74)61-85-91(79,80)87-65-68(89-72(77)59-55-51-47-43-38-27-23-19-15-11-7-3)63-83-70(75)57-53-49-45-41-37-26-22-18-14-10-6-2/h9,13,18-19,21-23,25,30-31,33-34,67-69,74H,5-8,10-12,14-17,20,24,26-29,32,35-66H2,1-4H3,(H,79,80)(H,81,82)/b13-9-,22-18-,23-19-,25-21-,31-30-,34-33-. The number of rotatable bonds is 68. The highest BCUT2D eigenvalue weighted by Gasteiger charge is 2.30. The summed E-state index contributed by atoms with van der Waals surface area (Å²) in [6.45, 7) is 4.65. The zero-order valence-corrected chi connectivity index (χ0v) is 59.8. The summed E-state index contributed by atoms with van der Waals surface area (Å²) in [5, 5.41) is 10.6. The van der Waals surface area contributed by atoms with Crippen LogP contribution >= 0.6 is 15.6 Å². The molecule has 0 saturated heterocycles. The Labute approximate surface area is 558 Å². The third-order valence-corrected chi connectivity index (χ3v) is 17.1. The summed E-state index contributed by atoms with van der Waals surface area (Å²) >= 11 is 0. The normalized spacial score (nSPS) is 14.5. The van der Waals surface area contributed by atoms with Crippen molar-refractivity contribution in [2.45, 2.75) is 329 Å². The van der Waals surface area contributed by atoms with Gasteiger partial charge in [-0.25, -0.2) is 9.13 Å². The van der Waals surface area contributed by atoms with Gasteiger partial charge in [0.15, 0.2) is 12.2 Å². The van der Waals surface area contributed by atoms with E-state index in [1.165, 1.54) is 64.2 Å². The van der Waals surface area contributed by atoms with E-state index in [0.29, 0.717) is 25.7 Å². The maximum Gasteiger partial charge on any atom is 0.472 e. The van der Waals surface area contributed by atoms with Crippen LogP contribution in [-0.4, -0.2) is 96.7 Å². The van der Waals surface area contributed by atoms with Gasteiger partial charge in [0.2, 0.25) is 0 Å². The van der Waals surface area contributed by atoms with E-state index < -0.39 is 97.5 Å². The molecule has 0 aromatic rings. The van der Waals surface area contributed by atoms with E-state index in [2.05, 4.69) is 101 Å². The quantitative estimate of drug-likeness (QED) is 0.0169. The van der Waals surface area contributed by atoms with E-state index in [4.69, 9.17) is 37.0 Å². The summed E-state index contributed by atoms with van der Waals surface area (Å²) in [7, 11) is -9.93. The Bertz CT molecular complexity index is 2040. The molecule has 92 heavy (non-hydrogen) atoms. The fraction of sp³-hybridized carbons (Fsp3) is 0.781. The SMILES string of the molecule is CC/C=C\C/C=C\C/C=C\C/C=C\CCCCCCCCC(=O)OCC(COP(=O)(O)OCC(O)COP(=O)(O)OCC(COC(=O)CCCCCCC/C=C\CCCC)OC(=O)CCCCCCC/C=C\CCCC)OC(=O)CCCCCCCCCCCCC. The fourth-order valence-corrected chi connectivity index (χ4v) is 11.2. The second kappa shape index (κ2) is 66.1. The van der Waals surface area contributed by atoms with Gasteiger partial charge in [-0.05, 0) is 103 Å². The van der Waals surface area contributed by atoms with Crippen molar-refractivity contribution in [3.05, 3.63) is 72.9 Å². The number of phosphoric ester groups is 2. The van der Waals surface area contributed by atoms with E-state index in [1.807, 2.05) is 0 Å². The molecule has 5 atom stereocenters. The maximum atomic E-state index is 13.0. The van der Waals surface area contributed by atoms with E-state index in [-0.39, 0.29) is 25.7 Å². The molecule has 3 N–H and O–H groups in total. The fourth-order valence-electron chi connectivity index (χ4n) is 9.58. The Balaban J connectivity index is 5.26. The van der Waals surface area contributed by atoms with Crippen LogP contribution in [0.3, 0.4) is 0 Å². The highest BCUT2D eigenvalue weighted by Crippen LogP contribution is 2.45. The first-order valence-electron chi connectivity index (χ1n) is 36.2. The van der Waals surface area contributed by atoms with Gasteiger partial charge < -0.3 is 33.8 Å². The number of aliphatic hydroxyl groups is 1. The summed E-state index contributed by atoms with van der Waals surface area (Å²) in [6, 6.07) is 0. The molecule has 0 aliphatic carbocycles. The molecular weight excluding hydrogens is 1210 g/mol. The zero-order valence-electron chi connectivity index (χ0n) is 58.0. The van der Waals surface area contributed by atoms with Gasteiger partial charge in [-0.15, -0.1) is 0 Å². The Kier molecular flexibility index (Phi) is 63.6. The molecule has 0 aliphatic heterocycles. The van der Waals surface area contributed by atoms with E-state index >= 15 is 0 Å². The average Bonchev–Trinajstić information content (AvgIpc) is 2.26. The van der Waals surface area contributed by atoms with Crippen LogP contribution in [0.2, 0.25) is 0 Å². The number of hydrogen-bond donors (Lipinski definition) is 3. The Morgan fingerprint density at radius 2 is 0.576 bits per heavy atom. The lowest BCUT2D eigenvalue weighted by molar-refractivity contribution is -0.161. The molecule has 0 saturated carbocycles. The van der Waals surface area contributed by atoms with Crippen LogP contribution < -0.4 is 0 Å². The Morgan fingerprint density at radius 3 is 0.913 bits per heavy atom. The third kappa shape index (κ3) is 65.2. The molecular formula is C73H130O17P2. The smallest absolute Gasteiger partial charge is 0.462 e. The second-order valence-corrected chi connectivity index (χ2v) is 27.1. The van der Waals surface area contributed by atoms with Crippen molar-refractivity contribution in [1.82, 2.24) is 0 Å². The molecule has 0 fully saturated rings. The molecule has 0 aromatic carbocycles. The van der Waals surface area contributed by atoms with E-state index in [9.17, 15) is 43.2 Å². The zero-order chi connectivity index (χ0) is 67.5. The molecule has 0 radical (unpaired) electrons. The predicted octanol–water partition coefficient (Wildman–Crippen LogP) is 20.1. The molecule has 0 aliphatic rings. The Morgan fingerprint density at radius 1 is 0.315 bits per heavy atom. The van der Waals surface area contributed by atoms with E-state index in [0.717, 1.165) is 167 Å². The number of phosphoric acid groups is 2. The van der Waals surface area contributed by atoms with Crippen LogP contribution in [0.4, 0.5) is 0 Å². The number of ether oxygens (including phenoxy) is 4. The minimum absolute atomic E-state index is 0.0857. The molecule has 19 heteroatoms. The first-order valence-corrected chi connectivity index (χ1v) is 39.2. The van der Waals surface area contributed by atoms with Gasteiger partial charge >= 0.3 is 39.5 Å². The minimum Gasteiger partial charge on any atom is -0.462 e. The van der Waals surface area contributed by atoms with Crippen LogP contribution in [0, 0.1) is 0 Å². The summed E-state index contributed by atoms with van der Waals surface area (Å²) in [5.41, 5.74) is 0. The summed E-state index contributed by atoms with van der Waals surface area (Å²) < 4.78 is 68.2. The molecule has 0 amide bonds. The van der Waals surface area contributed by atoms with Crippen molar-refractivity contribution in [3.8, 4) is 0 Å². The van der Waals surface area contributed by atoms with Crippen molar-refractivity contribution in [3.63, 3.8) is 0 Å². The van der Waals surface area contributed by atoms with Crippen molar-refractivity contribution in [2.24, 2.45) is 0 Å². The minimum atomic E-state index is -4.97. The lowest BCUT2D eigenvalue weighted by Crippen LogP contribution is -2.30. The molecule has 0 spiro atoms. The average molecular weight is 1340 g/mol. The van der Waals surface area contributed by atoms with Gasteiger partial charge in [-0.1, -0.05) is 255 Å². The number of carbonyl (C=O) groups excluding carboxylic acids is 4. The van der Waals surface area contributed by atoms with Crippen molar-refractivity contribution in [2.75, 3.05) is 39.6 Å².